The third-order valence-electron chi connectivity index (χ3n) is 4.65. The number of fused-ring (bicyclic) bond motifs is 1. The van der Waals surface area contributed by atoms with Gasteiger partial charge in [0.2, 0.25) is 5.91 Å². The molecule has 0 saturated carbocycles. The van der Waals surface area contributed by atoms with Crippen LogP contribution in [-0.2, 0) is 23.5 Å². The topological polar surface area (TPSA) is 46.6 Å². The number of amides is 1. The van der Waals surface area contributed by atoms with E-state index in [0.717, 1.165) is 24.3 Å². The molecular weight excluding hydrogens is 346 g/mol. The fourth-order valence-electron chi connectivity index (χ4n) is 3.16. The summed E-state index contributed by atoms with van der Waals surface area (Å²) in [6.45, 7) is 3.02. The van der Waals surface area contributed by atoms with Gasteiger partial charge in [0.1, 0.15) is 5.75 Å². The molecule has 4 nitrogen and oxygen atoms in total. The fraction of sp³-hybridized carbons (Fsp3) is 0.333. The summed E-state index contributed by atoms with van der Waals surface area (Å²) in [4.78, 5) is 26.1. The van der Waals surface area contributed by atoms with Gasteiger partial charge in [-0.05, 0) is 42.7 Å². The molecule has 0 atom stereocenters. The summed E-state index contributed by atoms with van der Waals surface area (Å²) in [5, 5.41) is 0. The lowest BCUT2D eigenvalue weighted by Crippen LogP contribution is -2.37. The summed E-state index contributed by atoms with van der Waals surface area (Å²) < 4.78 is 5.37. The number of carbonyl (C=O) groups excluding carboxylic acids is 2. The van der Waals surface area contributed by atoms with Crippen molar-refractivity contribution in [2.75, 3.05) is 19.4 Å². The molecule has 5 heteroatoms. The zero-order chi connectivity index (χ0) is 18.5. The van der Waals surface area contributed by atoms with Gasteiger partial charge in [0.25, 0.3) is 0 Å². The lowest BCUT2D eigenvalue weighted by atomic mass is 10.00. The first kappa shape index (κ1) is 18.5. The second-order valence-electron chi connectivity index (χ2n) is 6.41. The van der Waals surface area contributed by atoms with Crippen molar-refractivity contribution >= 4 is 23.5 Å². The highest BCUT2D eigenvalue weighted by atomic mass is 32.2. The third kappa shape index (κ3) is 4.28. The Morgan fingerprint density at radius 2 is 1.92 bits per heavy atom. The van der Waals surface area contributed by atoms with E-state index in [0.29, 0.717) is 23.6 Å². The minimum atomic E-state index is 0.0296. The molecule has 136 valence electrons. The number of carbonyl (C=O) groups is 2. The van der Waals surface area contributed by atoms with Crippen molar-refractivity contribution in [3.8, 4) is 5.75 Å². The second kappa shape index (κ2) is 8.41. The maximum Gasteiger partial charge on any atom is 0.232 e. The van der Waals surface area contributed by atoms with E-state index >= 15 is 0 Å². The molecule has 0 spiro atoms. The third-order valence-corrected chi connectivity index (χ3v) is 5.62. The van der Waals surface area contributed by atoms with Gasteiger partial charge in [-0.2, -0.15) is 0 Å². The Kier molecular flexibility index (Phi) is 5.99. The average molecular weight is 369 g/mol. The molecule has 26 heavy (non-hydrogen) atoms. The predicted octanol–water partition coefficient (Wildman–Crippen LogP) is 3.72. The van der Waals surface area contributed by atoms with Crippen LogP contribution >= 0.6 is 11.8 Å². The monoisotopic (exact) mass is 369 g/mol. The molecule has 2 aromatic rings. The van der Waals surface area contributed by atoms with Gasteiger partial charge in [-0.1, -0.05) is 24.3 Å². The largest absolute Gasteiger partial charge is 0.496 e. The van der Waals surface area contributed by atoms with Crippen LogP contribution < -0.4 is 4.74 Å². The minimum Gasteiger partial charge on any atom is -0.496 e. The van der Waals surface area contributed by atoms with Crippen LogP contribution in [0.3, 0.4) is 0 Å². The van der Waals surface area contributed by atoms with Gasteiger partial charge in [-0.3, -0.25) is 9.59 Å². The molecule has 0 aromatic heterocycles. The lowest BCUT2D eigenvalue weighted by molar-refractivity contribution is -0.129. The second-order valence-corrected chi connectivity index (χ2v) is 7.40. The molecule has 1 aliphatic rings. The molecule has 0 unspecified atom stereocenters. The number of nitrogens with zero attached hydrogens (tertiary/aromatic N) is 1. The highest BCUT2D eigenvalue weighted by Gasteiger charge is 2.20. The Balaban J connectivity index is 1.57. The van der Waals surface area contributed by atoms with Crippen molar-refractivity contribution in [1.29, 1.82) is 0 Å². The zero-order valence-corrected chi connectivity index (χ0v) is 16.0. The van der Waals surface area contributed by atoms with Crippen molar-refractivity contribution in [3.05, 3.63) is 64.7 Å². The van der Waals surface area contributed by atoms with Gasteiger partial charge >= 0.3 is 0 Å². The number of ketones is 1. The van der Waals surface area contributed by atoms with Gasteiger partial charge < -0.3 is 9.64 Å². The molecule has 0 saturated heterocycles. The normalized spacial score (nSPS) is 13.2. The standard InChI is InChI=1S/C21H23NO3S/c1-15(23)17-7-8-20(25-2)19(11-17)13-26-14-21(24)22-10-9-16-5-3-4-6-18(16)12-22/h3-8,11H,9-10,12-14H2,1-2H3. The minimum absolute atomic E-state index is 0.0296. The Morgan fingerprint density at radius 1 is 1.15 bits per heavy atom. The number of rotatable bonds is 6. The number of Topliss-reactive ketones (excluding diaryl/α,β-unsaturated/α-hetero) is 1. The smallest absolute Gasteiger partial charge is 0.232 e. The maximum atomic E-state index is 12.5. The maximum absolute atomic E-state index is 12.5. The first-order valence-electron chi connectivity index (χ1n) is 8.68. The molecule has 1 heterocycles. The number of ether oxygens (including phenoxy) is 1. The predicted molar refractivity (Wildman–Crippen MR) is 105 cm³/mol. The van der Waals surface area contributed by atoms with E-state index in [1.165, 1.54) is 11.1 Å². The average Bonchev–Trinajstić information content (AvgIpc) is 2.67. The van der Waals surface area contributed by atoms with Crippen molar-refractivity contribution in [2.24, 2.45) is 0 Å². The quantitative estimate of drug-likeness (QED) is 0.728. The van der Waals surface area contributed by atoms with Crippen molar-refractivity contribution in [1.82, 2.24) is 4.90 Å². The van der Waals surface area contributed by atoms with Crippen molar-refractivity contribution < 1.29 is 14.3 Å². The van der Waals surface area contributed by atoms with E-state index in [9.17, 15) is 9.59 Å². The fourth-order valence-corrected chi connectivity index (χ4v) is 4.06. The summed E-state index contributed by atoms with van der Waals surface area (Å²) in [5.74, 6) is 2.01. The number of hydrogen-bond acceptors (Lipinski definition) is 4. The number of thioether (sulfide) groups is 1. The molecule has 1 aliphatic heterocycles. The van der Waals surface area contributed by atoms with Crippen LogP contribution in [0.25, 0.3) is 0 Å². The van der Waals surface area contributed by atoms with Crippen LogP contribution in [0.15, 0.2) is 42.5 Å². The first-order valence-corrected chi connectivity index (χ1v) is 9.84. The molecule has 0 radical (unpaired) electrons. The van der Waals surface area contributed by atoms with Gasteiger partial charge in [0, 0.05) is 30.0 Å². The SMILES string of the molecule is COc1ccc(C(C)=O)cc1CSCC(=O)N1CCc2ccccc2C1. The van der Waals surface area contributed by atoms with Gasteiger partial charge in [0.15, 0.2) is 5.78 Å². The molecule has 0 bridgehead atoms. The van der Waals surface area contributed by atoms with E-state index in [2.05, 4.69) is 18.2 Å². The molecule has 0 aliphatic carbocycles. The van der Waals surface area contributed by atoms with E-state index < -0.39 is 0 Å². The van der Waals surface area contributed by atoms with Crippen LogP contribution in [0.5, 0.6) is 5.75 Å². The summed E-state index contributed by atoms with van der Waals surface area (Å²) in [6, 6.07) is 13.8. The van der Waals surface area contributed by atoms with E-state index in [-0.39, 0.29) is 11.7 Å². The summed E-state index contributed by atoms with van der Waals surface area (Å²) in [6.07, 6.45) is 0.918. The Labute approximate surface area is 158 Å². The van der Waals surface area contributed by atoms with E-state index in [1.807, 2.05) is 23.1 Å². The highest BCUT2D eigenvalue weighted by molar-refractivity contribution is 7.99. The molecule has 2 aromatic carbocycles. The number of methoxy groups -OCH3 is 1. The van der Waals surface area contributed by atoms with Gasteiger partial charge in [-0.15, -0.1) is 11.8 Å². The van der Waals surface area contributed by atoms with Crippen LogP contribution in [0, 0.1) is 0 Å². The molecule has 0 N–H and O–H groups in total. The zero-order valence-electron chi connectivity index (χ0n) is 15.2. The Bertz CT molecular complexity index is 819. The van der Waals surface area contributed by atoms with Crippen LogP contribution in [0.4, 0.5) is 0 Å². The number of hydrogen-bond donors (Lipinski definition) is 0. The highest BCUT2D eigenvalue weighted by Crippen LogP contribution is 2.26. The summed E-state index contributed by atoms with van der Waals surface area (Å²) in [5.41, 5.74) is 4.20. The van der Waals surface area contributed by atoms with Crippen LogP contribution in [0.1, 0.15) is 34.0 Å². The number of benzene rings is 2. The summed E-state index contributed by atoms with van der Waals surface area (Å²) >= 11 is 1.56. The Hall–Kier alpha value is -2.27. The molecule has 1 amide bonds. The summed E-state index contributed by atoms with van der Waals surface area (Å²) in [7, 11) is 1.62. The van der Waals surface area contributed by atoms with Crippen LogP contribution in [-0.4, -0.2) is 36.0 Å². The van der Waals surface area contributed by atoms with E-state index in [1.54, 1.807) is 31.9 Å². The van der Waals surface area contributed by atoms with Gasteiger partial charge in [0.05, 0.1) is 12.9 Å². The Morgan fingerprint density at radius 3 is 2.65 bits per heavy atom. The van der Waals surface area contributed by atoms with Crippen LogP contribution in [0.2, 0.25) is 0 Å². The molecular formula is C21H23NO3S. The molecule has 3 rings (SSSR count). The lowest BCUT2D eigenvalue weighted by Gasteiger charge is -2.28. The first-order chi connectivity index (χ1) is 12.6. The van der Waals surface area contributed by atoms with E-state index in [4.69, 9.17) is 4.74 Å². The van der Waals surface area contributed by atoms with Gasteiger partial charge in [-0.25, -0.2) is 0 Å². The molecule has 0 fully saturated rings. The van der Waals surface area contributed by atoms with Crippen molar-refractivity contribution in [3.63, 3.8) is 0 Å². The van der Waals surface area contributed by atoms with Crippen molar-refractivity contribution in [2.45, 2.75) is 25.6 Å².